The number of hydrogen-bond acceptors (Lipinski definition) is 4. The van der Waals surface area contributed by atoms with E-state index < -0.39 is 11.5 Å². The number of carbonyl (C=O) groups is 1. The van der Waals surface area contributed by atoms with Gasteiger partial charge in [-0.2, -0.15) is 0 Å². The van der Waals surface area contributed by atoms with Crippen LogP contribution in [-0.2, 0) is 6.54 Å². The molecule has 1 heterocycles. The molecule has 2 N–H and O–H groups in total. The van der Waals surface area contributed by atoms with E-state index in [1.807, 2.05) is 0 Å². The zero-order chi connectivity index (χ0) is 18.7. The smallest absolute Gasteiger partial charge is 0.261 e. The largest absolute Gasteiger partial charge is 0.493 e. The molecule has 26 heavy (non-hydrogen) atoms. The Morgan fingerprint density at radius 3 is 2.50 bits per heavy atom. The summed E-state index contributed by atoms with van der Waals surface area (Å²) in [7, 11) is 2.97. The van der Waals surface area contributed by atoms with Gasteiger partial charge in [0.1, 0.15) is 11.4 Å². The van der Waals surface area contributed by atoms with Gasteiger partial charge in [-0.3, -0.25) is 9.59 Å². The van der Waals surface area contributed by atoms with Gasteiger partial charge in [-0.15, -0.1) is 0 Å². The normalized spacial score (nSPS) is 10.6. The first kappa shape index (κ1) is 17.5. The highest BCUT2D eigenvalue weighted by Gasteiger charge is 2.15. The Kier molecular flexibility index (Phi) is 4.88. The number of benzene rings is 2. The Balaban J connectivity index is 1.90. The van der Waals surface area contributed by atoms with E-state index in [0.29, 0.717) is 22.4 Å². The third-order valence-corrected chi connectivity index (χ3v) is 3.97. The van der Waals surface area contributed by atoms with E-state index >= 15 is 0 Å². The van der Waals surface area contributed by atoms with Crippen LogP contribution in [0.15, 0.2) is 47.3 Å². The van der Waals surface area contributed by atoms with E-state index in [0.717, 1.165) is 5.56 Å². The summed E-state index contributed by atoms with van der Waals surface area (Å²) in [4.78, 5) is 27.4. The molecule has 0 saturated heterocycles. The lowest BCUT2D eigenvalue weighted by Gasteiger charge is -2.11. The number of H-pyrrole nitrogens is 1. The molecule has 0 spiro atoms. The summed E-state index contributed by atoms with van der Waals surface area (Å²) in [5, 5.41) is 3.29. The molecule has 3 aromatic rings. The number of nitrogens with one attached hydrogen (secondary N) is 2. The van der Waals surface area contributed by atoms with Crippen LogP contribution < -0.4 is 20.3 Å². The minimum Gasteiger partial charge on any atom is -0.493 e. The minimum atomic E-state index is -0.541. The van der Waals surface area contributed by atoms with Crippen LogP contribution in [0.3, 0.4) is 0 Å². The molecule has 7 heteroatoms. The van der Waals surface area contributed by atoms with Gasteiger partial charge in [0.15, 0.2) is 11.5 Å². The number of ether oxygens (including phenoxy) is 2. The van der Waals surface area contributed by atoms with Crippen molar-refractivity contribution in [1.82, 2.24) is 10.3 Å². The molecule has 0 bridgehead atoms. The SMILES string of the molecule is COc1ccc2cc(C(=O)NCc3ccc(F)cc3)c(=O)[nH]c2c1OC. The van der Waals surface area contributed by atoms with Crippen molar-refractivity contribution in [3.8, 4) is 11.5 Å². The number of pyridine rings is 1. The van der Waals surface area contributed by atoms with Gasteiger partial charge in [-0.25, -0.2) is 4.39 Å². The van der Waals surface area contributed by atoms with Crippen LogP contribution in [0, 0.1) is 5.82 Å². The summed E-state index contributed by atoms with van der Waals surface area (Å²) in [6.07, 6.45) is 0. The molecule has 2 aromatic carbocycles. The van der Waals surface area contributed by atoms with Crippen LogP contribution in [0.2, 0.25) is 0 Å². The number of amides is 1. The van der Waals surface area contributed by atoms with Crippen LogP contribution in [-0.4, -0.2) is 25.1 Å². The Hall–Kier alpha value is -3.35. The van der Waals surface area contributed by atoms with Crippen molar-refractivity contribution < 1.29 is 18.7 Å². The molecule has 3 rings (SSSR count). The number of aromatic nitrogens is 1. The van der Waals surface area contributed by atoms with Gasteiger partial charge in [0.2, 0.25) is 0 Å². The Labute approximate surface area is 148 Å². The van der Waals surface area contributed by atoms with Gasteiger partial charge >= 0.3 is 0 Å². The molecule has 0 saturated carbocycles. The van der Waals surface area contributed by atoms with Gasteiger partial charge in [0.25, 0.3) is 11.5 Å². The number of fused-ring (bicyclic) bond motifs is 1. The summed E-state index contributed by atoms with van der Waals surface area (Å²) in [6.45, 7) is 0.183. The van der Waals surface area contributed by atoms with E-state index in [-0.39, 0.29) is 17.9 Å². The molecule has 0 aliphatic rings. The van der Waals surface area contributed by atoms with Crippen molar-refractivity contribution in [1.29, 1.82) is 0 Å². The summed E-state index contributed by atoms with van der Waals surface area (Å²) in [5.74, 6) is -0.00721. The Morgan fingerprint density at radius 2 is 1.85 bits per heavy atom. The van der Waals surface area contributed by atoms with Crippen LogP contribution in [0.5, 0.6) is 11.5 Å². The lowest BCUT2D eigenvalue weighted by atomic mass is 10.1. The summed E-state index contributed by atoms with van der Waals surface area (Å²) >= 11 is 0. The van der Waals surface area contributed by atoms with Crippen molar-refractivity contribution in [2.75, 3.05) is 14.2 Å². The molecular formula is C19H17FN2O4. The second kappa shape index (κ2) is 7.26. The summed E-state index contributed by atoms with van der Waals surface area (Å²) in [6, 6.07) is 10.7. The third-order valence-electron chi connectivity index (χ3n) is 3.97. The molecule has 0 fully saturated rings. The molecule has 0 aliphatic heterocycles. The van der Waals surface area contributed by atoms with Crippen LogP contribution in [0.4, 0.5) is 4.39 Å². The highest BCUT2D eigenvalue weighted by atomic mass is 19.1. The molecule has 0 radical (unpaired) electrons. The quantitative estimate of drug-likeness (QED) is 0.736. The monoisotopic (exact) mass is 356 g/mol. The lowest BCUT2D eigenvalue weighted by Crippen LogP contribution is -2.29. The predicted molar refractivity (Wildman–Crippen MR) is 95.2 cm³/mol. The lowest BCUT2D eigenvalue weighted by molar-refractivity contribution is 0.0949. The molecule has 0 aliphatic carbocycles. The van der Waals surface area contributed by atoms with E-state index in [9.17, 15) is 14.0 Å². The summed E-state index contributed by atoms with van der Waals surface area (Å²) < 4.78 is 23.4. The number of hydrogen-bond donors (Lipinski definition) is 2. The molecule has 134 valence electrons. The van der Waals surface area contributed by atoms with Gasteiger partial charge in [-0.05, 0) is 35.9 Å². The van der Waals surface area contributed by atoms with Crippen molar-refractivity contribution in [2.45, 2.75) is 6.54 Å². The van der Waals surface area contributed by atoms with Crippen LogP contribution in [0.1, 0.15) is 15.9 Å². The minimum absolute atomic E-state index is 0.0215. The van der Waals surface area contributed by atoms with Crippen LogP contribution in [0.25, 0.3) is 10.9 Å². The zero-order valence-electron chi connectivity index (χ0n) is 14.3. The highest BCUT2D eigenvalue weighted by molar-refractivity contribution is 5.98. The second-order valence-electron chi connectivity index (χ2n) is 5.59. The van der Waals surface area contributed by atoms with Crippen molar-refractivity contribution in [3.05, 3.63) is 69.8 Å². The van der Waals surface area contributed by atoms with E-state index in [1.54, 1.807) is 24.3 Å². The van der Waals surface area contributed by atoms with E-state index in [2.05, 4.69) is 10.3 Å². The highest BCUT2D eigenvalue weighted by Crippen LogP contribution is 2.33. The molecule has 0 unspecified atom stereocenters. The van der Waals surface area contributed by atoms with Gasteiger partial charge in [0, 0.05) is 11.9 Å². The Bertz CT molecular complexity index is 1010. The average Bonchev–Trinajstić information content (AvgIpc) is 2.65. The number of rotatable bonds is 5. The topological polar surface area (TPSA) is 80.4 Å². The maximum absolute atomic E-state index is 12.9. The first-order chi connectivity index (χ1) is 12.5. The average molecular weight is 356 g/mol. The Morgan fingerprint density at radius 1 is 1.12 bits per heavy atom. The van der Waals surface area contributed by atoms with Gasteiger partial charge in [0.05, 0.1) is 19.7 Å². The van der Waals surface area contributed by atoms with E-state index in [1.165, 1.54) is 32.4 Å². The van der Waals surface area contributed by atoms with Crippen LogP contribution >= 0.6 is 0 Å². The fraction of sp³-hybridized carbons (Fsp3) is 0.158. The molecule has 6 nitrogen and oxygen atoms in total. The number of methoxy groups -OCH3 is 2. The maximum Gasteiger partial charge on any atom is 0.261 e. The number of halogens is 1. The fourth-order valence-electron chi connectivity index (χ4n) is 2.64. The predicted octanol–water partition coefficient (Wildman–Crippen LogP) is 2.61. The fourth-order valence-corrected chi connectivity index (χ4v) is 2.64. The number of aromatic amines is 1. The first-order valence-electron chi connectivity index (χ1n) is 7.84. The second-order valence-corrected chi connectivity index (χ2v) is 5.59. The van der Waals surface area contributed by atoms with Gasteiger partial charge in [-0.1, -0.05) is 12.1 Å². The van der Waals surface area contributed by atoms with Crippen molar-refractivity contribution >= 4 is 16.8 Å². The maximum atomic E-state index is 12.9. The standard InChI is InChI=1S/C19H17FN2O4/c1-25-15-8-5-12-9-14(19(24)22-16(12)17(15)26-2)18(23)21-10-11-3-6-13(20)7-4-11/h3-9H,10H2,1-2H3,(H,21,23)(H,22,24). The summed E-state index contributed by atoms with van der Waals surface area (Å²) in [5.41, 5.74) is 0.614. The molecule has 0 atom stereocenters. The van der Waals surface area contributed by atoms with Crippen molar-refractivity contribution in [3.63, 3.8) is 0 Å². The first-order valence-corrected chi connectivity index (χ1v) is 7.84. The van der Waals surface area contributed by atoms with Gasteiger partial charge < -0.3 is 19.8 Å². The molecule has 1 aromatic heterocycles. The molecular weight excluding hydrogens is 339 g/mol. The van der Waals surface area contributed by atoms with E-state index in [4.69, 9.17) is 9.47 Å². The van der Waals surface area contributed by atoms with Crippen molar-refractivity contribution in [2.24, 2.45) is 0 Å². The number of carbonyl (C=O) groups excluding carboxylic acids is 1. The molecule has 1 amide bonds. The third kappa shape index (κ3) is 3.37. The zero-order valence-corrected chi connectivity index (χ0v) is 14.3.